The Morgan fingerprint density at radius 2 is 1.90 bits per heavy atom. The molecule has 0 aromatic carbocycles. The smallest absolute Gasteiger partial charge is 0.0582 e. The second-order valence-corrected chi connectivity index (χ2v) is 8.80. The van der Waals surface area contributed by atoms with Gasteiger partial charge in [0.2, 0.25) is 0 Å². The lowest BCUT2D eigenvalue weighted by Crippen LogP contribution is -2.47. The SMILES string of the molecule is CC1(C)CC(O)CC2=CCC3C4CCCC4CCC3C21. The van der Waals surface area contributed by atoms with Crippen LogP contribution in [-0.2, 0) is 0 Å². The normalized spacial score (nSPS) is 49.9. The summed E-state index contributed by atoms with van der Waals surface area (Å²) in [6.07, 6.45) is 13.2. The van der Waals surface area contributed by atoms with E-state index in [9.17, 15) is 5.11 Å². The van der Waals surface area contributed by atoms with Gasteiger partial charge < -0.3 is 5.11 Å². The summed E-state index contributed by atoms with van der Waals surface area (Å²) >= 11 is 0. The molecule has 4 aliphatic carbocycles. The molecule has 112 valence electrons. The molecule has 6 atom stereocenters. The third kappa shape index (κ3) is 1.92. The largest absolute Gasteiger partial charge is 0.393 e. The average Bonchev–Trinajstić information content (AvgIpc) is 2.84. The van der Waals surface area contributed by atoms with Gasteiger partial charge in [0.25, 0.3) is 0 Å². The fraction of sp³-hybridized carbons (Fsp3) is 0.895. The minimum Gasteiger partial charge on any atom is -0.393 e. The zero-order chi connectivity index (χ0) is 13.9. The molecule has 0 aliphatic heterocycles. The number of aliphatic hydroxyl groups excluding tert-OH is 1. The highest BCUT2D eigenvalue weighted by atomic mass is 16.3. The molecule has 0 saturated heterocycles. The lowest BCUT2D eigenvalue weighted by molar-refractivity contribution is -0.0215. The lowest BCUT2D eigenvalue weighted by Gasteiger charge is -2.54. The van der Waals surface area contributed by atoms with Crippen molar-refractivity contribution in [1.82, 2.24) is 0 Å². The second-order valence-electron chi connectivity index (χ2n) is 8.80. The fourth-order valence-corrected chi connectivity index (χ4v) is 6.75. The molecule has 1 N–H and O–H groups in total. The van der Waals surface area contributed by atoms with Crippen molar-refractivity contribution in [3.8, 4) is 0 Å². The van der Waals surface area contributed by atoms with E-state index in [4.69, 9.17) is 0 Å². The van der Waals surface area contributed by atoms with Crippen molar-refractivity contribution in [3.05, 3.63) is 11.6 Å². The number of hydrogen-bond donors (Lipinski definition) is 1. The molecule has 4 aliphatic rings. The van der Waals surface area contributed by atoms with Crippen LogP contribution in [0, 0.1) is 35.0 Å². The van der Waals surface area contributed by atoms with E-state index < -0.39 is 0 Å². The van der Waals surface area contributed by atoms with E-state index >= 15 is 0 Å². The maximum absolute atomic E-state index is 10.2. The third-order valence-electron chi connectivity index (χ3n) is 7.24. The van der Waals surface area contributed by atoms with Crippen LogP contribution in [0.15, 0.2) is 11.6 Å². The van der Waals surface area contributed by atoms with E-state index in [2.05, 4.69) is 19.9 Å². The Morgan fingerprint density at radius 3 is 2.75 bits per heavy atom. The first-order valence-electron chi connectivity index (χ1n) is 8.93. The van der Waals surface area contributed by atoms with Crippen molar-refractivity contribution < 1.29 is 5.11 Å². The minimum atomic E-state index is -0.0909. The van der Waals surface area contributed by atoms with E-state index in [0.29, 0.717) is 5.41 Å². The van der Waals surface area contributed by atoms with Crippen LogP contribution in [0.1, 0.15) is 65.2 Å². The Balaban J connectivity index is 1.67. The van der Waals surface area contributed by atoms with Gasteiger partial charge in [-0.15, -0.1) is 0 Å². The maximum atomic E-state index is 10.2. The van der Waals surface area contributed by atoms with Gasteiger partial charge in [0, 0.05) is 0 Å². The highest BCUT2D eigenvalue weighted by Crippen LogP contribution is 2.60. The number of aliphatic hydroxyl groups is 1. The predicted octanol–water partition coefficient (Wildman–Crippen LogP) is 4.56. The molecular formula is C19H30O. The van der Waals surface area contributed by atoms with E-state index in [-0.39, 0.29) is 6.10 Å². The van der Waals surface area contributed by atoms with E-state index in [1.807, 2.05) is 0 Å². The Kier molecular flexibility index (Phi) is 3.07. The number of rotatable bonds is 0. The third-order valence-corrected chi connectivity index (χ3v) is 7.24. The molecule has 6 unspecified atom stereocenters. The van der Waals surface area contributed by atoms with E-state index in [0.717, 1.165) is 42.4 Å². The van der Waals surface area contributed by atoms with Gasteiger partial charge in [-0.3, -0.25) is 0 Å². The van der Waals surface area contributed by atoms with Gasteiger partial charge in [0.15, 0.2) is 0 Å². The van der Waals surface area contributed by atoms with E-state index in [1.54, 1.807) is 5.57 Å². The Labute approximate surface area is 123 Å². The molecule has 4 rings (SSSR count). The van der Waals surface area contributed by atoms with Crippen molar-refractivity contribution in [2.45, 2.75) is 71.3 Å². The Hall–Kier alpha value is -0.300. The molecule has 0 aromatic rings. The standard InChI is InChI=1S/C19H30O/c1-19(2)11-14(20)10-13-7-8-16-15-5-3-4-12(15)6-9-17(16)18(13)19/h7,12,14-18,20H,3-6,8-11H2,1-2H3. The molecule has 3 fully saturated rings. The molecule has 1 nitrogen and oxygen atoms in total. The predicted molar refractivity (Wildman–Crippen MR) is 82.3 cm³/mol. The molecule has 0 spiro atoms. The van der Waals surface area contributed by atoms with Crippen LogP contribution in [0.25, 0.3) is 0 Å². The van der Waals surface area contributed by atoms with Crippen molar-refractivity contribution in [3.63, 3.8) is 0 Å². The zero-order valence-electron chi connectivity index (χ0n) is 13.1. The highest BCUT2D eigenvalue weighted by Gasteiger charge is 2.51. The monoisotopic (exact) mass is 274 g/mol. The van der Waals surface area contributed by atoms with Crippen LogP contribution in [-0.4, -0.2) is 11.2 Å². The first kappa shape index (κ1) is 13.4. The molecule has 3 saturated carbocycles. The van der Waals surface area contributed by atoms with Gasteiger partial charge in [-0.25, -0.2) is 0 Å². The lowest BCUT2D eigenvalue weighted by atomic mass is 9.51. The van der Waals surface area contributed by atoms with Gasteiger partial charge in [0.05, 0.1) is 6.10 Å². The van der Waals surface area contributed by atoms with Crippen molar-refractivity contribution >= 4 is 0 Å². The van der Waals surface area contributed by atoms with Gasteiger partial charge in [-0.1, -0.05) is 38.3 Å². The molecule has 20 heavy (non-hydrogen) atoms. The van der Waals surface area contributed by atoms with Crippen LogP contribution in [0.2, 0.25) is 0 Å². The molecule has 0 aromatic heterocycles. The van der Waals surface area contributed by atoms with Crippen LogP contribution in [0.4, 0.5) is 0 Å². The molecule has 0 radical (unpaired) electrons. The number of hydrogen-bond acceptors (Lipinski definition) is 1. The summed E-state index contributed by atoms with van der Waals surface area (Å²) in [6.45, 7) is 4.83. The van der Waals surface area contributed by atoms with E-state index in [1.165, 1.54) is 38.5 Å². The number of allylic oxidation sites excluding steroid dienone is 1. The van der Waals surface area contributed by atoms with Crippen molar-refractivity contribution in [2.24, 2.45) is 35.0 Å². The second kappa shape index (κ2) is 4.60. The Bertz CT molecular complexity index is 421. The van der Waals surface area contributed by atoms with Crippen molar-refractivity contribution in [1.29, 1.82) is 0 Å². The van der Waals surface area contributed by atoms with Gasteiger partial charge in [-0.05, 0) is 73.5 Å². The highest BCUT2D eigenvalue weighted by molar-refractivity contribution is 5.22. The zero-order valence-corrected chi connectivity index (χ0v) is 13.1. The summed E-state index contributed by atoms with van der Waals surface area (Å²) in [5, 5.41) is 10.2. The summed E-state index contributed by atoms with van der Waals surface area (Å²) in [5.41, 5.74) is 1.92. The fourth-order valence-electron chi connectivity index (χ4n) is 6.75. The van der Waals surface area contributed by atoms with Gasteiger partial charge in [-0.2, -0.15) is 0 Å². The molecular weight excluding hydrogens is 244 g/mol. The summed E-state index contributed by atoms with van der Waals surface area (Å²) in [4.78, 5) is 0. The van der Waals surface area contributed by atoms with Crippen LogP contribution in [0.5, 0.6) is 0 Å². The average molecular weight is 274 g/mol. The summed E-state index contributed by atoms with van der Waals surface area (Å²) in [7, 11) is 0. The minimum absolute atomic E-state index is 0.0909. The van der Waals surface area contributed by atoms with Gasteiger partial charge in [0.1, 0.15) is 0 Å². The summed E-state index contributed by atoms with van der Waals surface area (Å²) in [6, 6.07) is 0. The quantitative estimate of drug-likeness (QED) is 0.642. The molecule has 0 amide bonds. The van der Waals surface area contributed by atoms with Crippen LogP contribution < -0.4 is 0 Å². The summed E-state index contributed by atoms with van der Waals surface area (Å²) in [5.74, 6) is 4.76. The Morgan fingerprint density at radius 1 is 1.05 bits per heavy atom. The first-order chi connectivity index (χ1) is 9.56. The molecule has 0 bridgehead atoms. The molecule has 1 heteroatoms. The van der Waals surface area contributed by atoms with Crippen LogP contribution >= 0.6 is 0 Å². The summed E-state index contributed by atoms with van der Waals surface area (Å²) < 4.78 is 0. The topological polar surface area (TPSA) is 20.2 Å². The molecule has 0 heterocycles. The maximum Gasteiger partial charge on any atom is 0.0582 e. The van der Waals surface area contributed by atoms with Crippen molar-refractivity contribution in [2.75, 3.05) is 0 Å². The van der Waals surface area contributed by atoms with Gasteiger partial charge >= 0.3 is 0 Å². The number of fused-ring (bicyclic) bond motifs is 5. The van der Waals surface area contributed by atoms with Crippen LogP contribution in [0.3, 0.4) is 0 Å². The first-order valence-corrected chi connectivity index (χ1v) is 8.93.